The first-order valence-corrected chi connectivity index (χ1v) is 4.31. The third kappa shape index (κ3) is 1.83. The Morgan fingerprint density at radius 1 is 1.07 bits per heavy atom. The second-order valence-electron chi connectivity index (χ2n) is 2.87. The van der Waals surface area contributed by atoms with Gasteiger partial charge in [-0.05, 0) is 24.3 Å². The van der Waals surface area contributed by atoms with Crippen LogP contribution in [0.3, 0.4) is 0 Å². The quantitative estimate of drug-likeness (QED) is 0.560. The van der Waals surface area contributed by atoms with Crippen molar-refractivity contribution < 1.29 is 14.0 Å². The summed E-state index contributed by atoms with van der Waals surface area (Å²) in [6, 6.07) is 6.00. The van der Waals surface area contributed by atoms with Crippen LogP contribution in [0.4, 0.5) is 0 Å². The molecule has 0 N–H and O–H groups in total. The van der Waals surface area contributed by atoms with Gasteiger partial charge in [-0.2, -0.15) is 0 Å². The third-order valence-corrected chi connectivity index (χ3v) is 1.89. The van der Waals surface area contributed by atoms with Gasteiger partial charge < -0.3 is 4.42 Å². The molecule has 2 rings (SSSR count). The molecule has 0 radical (unpaired) electrons. The van der Waals surface area contributed by atoms with Crippen molar-refractivity contribution in [1.29, 1.82) is 0 Å². The van der Waals surface area contributed by atoms with E-state index in [2.05, 4.69) is 4.98 Å². The Bertz CT molecular complexity index is 474. The zero-order valence-electron chi connectivity index (χ0n) is 7.71. The number of Topliss-reactive ketones (excluding diaryl/α,β-unsaturated/α-hetero) is 2. The van der Waals surface area contributed by atoms with E-state index in [9.17, 15) is 9.59 Å². The fourth-order valence-electron chi connectivity index (χ4n) is 1.15. The highest BCUT2D eigenvalue weighted by molar-refractivity contribution is 6.48. The smallest absolute Gasteiger partial charge is 0.268 e. The van der Waals surface area contributed by atoms with Crippen LogP contribution in [0.5, 0.6) is 0 Å². The van der Waals surface area contributed by atoms with E-state index in [1.807, 2.05) is 0 Å². The van der Waals surface area contributed by atoms with Crippen LogP contribution in [-0.2, 0) is 0 Å². The SMILES string of the molecule is O=C(C(=O)c1ccco1)c1ccncc1. The Kier molecular flexibility index (Phi) is 2.41. The zero-order valence-corrected chi connectivity index (χ0v) is 7.71. The largest absolute Gasteiger partial charge is 0.461 e. The summed E-state index contributed by atoms with van der Waals surface area (Å²) in [5, 5.41) is 0. The molecular weight excluding hydrogens is 194 g/mol. The van der Waals surface area contributed by atoms with Gasteiger partial charge in [-0.3, -0.25) is 14.6 Å². The fraction of sp³-hybridized carbons (Fsp3) is 0. The molecule has 0 spiro atoms. The maximum Gasteiger partial charge on any atom is 0.268 e. The van der Waals surface area contributed by atoms with Gasteiger partial charge in [-0.1, -0.05) is 0 Å². The molecule has 4 heteroatoms. The van der Waals surface area contributed by atoms with Crippen LogP contribution in [0.2, 0.25) is 0 Å². The van der Waals surface area contributed by atoms with Gasteiger partial charge >= 0.3 is 0 Å². The topological polar surface area (TPSA) is 60.2 Å². The van der Waals surface area contributed by atoms with E-state index in [0.717, 1.165) is 0 Å². The predicted octanol–water partition coefficient (Wildman–Crippen LogP) is 1.74. The molecule has 4 nitrogen and oxygen atoms in total. The van der Waals surface area contributed by atoms with Crippen LogP contribution < -0.4 is 0 Å². The molecule has 0 saturated carbocycles. The van der Waals surface area contributed by atoms with E-state index in [1.165, 1.54) is 36.9 Å². The molecular formula is C11H7NO3. The van der Waals surface area contributed by atoms with Gasteiger partial charge in [0, 0.05) is 18.0 Å². The van der Waals surface area contributed by atoms with Crippen molar-refractivity contribution in [2.24, 2.45) is 0 Å². The monoisotopic (exact) mass is 201 g/mol. The summed E-state index contributed by atoms with van der Waals surface area (Å²) in [5.41, 5.74) is 0.311. The molecule has 0 unspecified atom stereocenters. The van der Waals surface area contributed by atoms with Gasteiger partial charge in [0.2, 0.25) is 5.78 Å². The molecule has 0 aliphatic carbocycles. The number of carbonyl (C=O) groups is 2. The lowest BCUT2D eigenvalue weighted by atomic mass is 10.1. The summed E-state index contributed by atoms with van der Waals surface area (Å²) in [6.07, 6.45) is 4.28. The number of furan rings is 1. The Hall–Kier alpha value is -2.23. The molecule has 0 amide bonds. The lowest BCUT2D eigenvalue weighted by Gasteiger charge is -1.96. The molecule has 0 saturated heterocycles. The first-order valence-electron chi connectivity index (χ1n) is 4.31. The highest BCUT2D eigenvalue weighted by Crippen LogP contribution is 2.07. The number of aromatic nitrogens is 1. The van der Waals surface area contributed by atoms with E-state index in [-0.39, 0.29) is 5.76 Å². The molecule has 0 bridgehead atoms. The van der Waals surface area contributed by atoms with Crippen LogP contribution in [0.25, 0.3) is 0 Å². The maximum absolute atomic E-state index is 11.6. The standard InChI is InChI=1S/C11H7NO3/c13-10(8-3-5-12-6-4-8)11(14)9-2-1-7-15-9/h1-7H. The number of carbonyl (C=O) groups excluding carboxylic acids is 2. The van der Waals surface area contributed by atoms with E-state index in [0.29, 0.717) is 5.56 Å². The maximum atomic E-state index is 11.6. The highest BCUT2D eigenvalue weighted by atomic mass is 16.3. The zero-order chi connectivity index (χ0) is 10.7. The second kappa shape index (κ2) is 3.88. The third-order valence-electron chi connectivity index (χ3n) is 1.89. The minimum atomic E-state index is -0.647. The Balaban J connectivity index is 2.27. The first kappa shape index (κ1) is 9.33. The number of ketones is 2. The summed E-state index contributed by atoms with van der Waals surface area (Å²) in [7, 11) is 0. The number of rotatable bonds is 3. The van der Waals surface area contributed by atoms with Crippen molar-refractivity contribution in [3.8, 4) is 0 Å². The van der Waals surface area contributed by atoms with Crippen LogP contribution in [0, 0.1) is 0 Å². The van der Waals surface area contributed by atoms with Gasteiger partial charge in [-0.15, -0.1) is 0 Å². The fourth-order valence-corrected chi connectivity index (χ4v) is 1.15. The Labute approximate surface area is 85.6 Å². The molecule has 2 heterocycles. The molecule has 2 aromatic heterocycles. The summed E-state index contributed by atoms with van der Waals surface area (Å²) in [6.45, 7) is 0. The molecule has 0 fully saturated rings. The summed E-state index contributed by atoms with van der Waals surface area (Å²) < 4.78 is 4.85. The number of hydrogen-bond acceptors (Lipinski definition) is 4. The molecule has 0 atom stereocenters. The van der Waals surface area contributed by atoms with Gasteiger partial charge in [-0.25, -0.2) is 0 Å². The van der Waals surface area contributed by atoms with E-state index in [4.69, 9.17) is 4.42 Å². The highest BCUT2D eigenvalue weighted by Gasteiger charge is 2.20. The van der Waals surface area contributed by atoms with Crippen molar-refractivity contribution in [2.75, 3.05) is 0 Å². The summed E-state index contributed by atoms with van der Waals surface area (Å²) in [4.78, 5) is 26.9. The van der Waals surface area contributed by atoms with Gasteiger partial charge in [0.25, 0.3) is 5.78 Å². The Morgan fingerprint density at radius 3 is 2.40 bits per heavy atom. The normalized spacial score (nSPS) is 9.87. The van der Waals surface area contributed by atoms with Crippen molar-refractivity contribution in [2.45, 2.75) is 0 Å². The Morgan fingerprint density at radius 2 is 1.80 bits per heavy atom. The molecule has 15 heavy (non-hydrogen) atoms. The van der Waals surface area contributed by atoms with Crippen LogP contribution in [0.1, 0.15) is 20.9 Å². The lowest BCUT2D eigenvalue weighted by Crippen LogP contribution is -2.13. The number of pyridine rings is 1. The van der Waals surface area contributed by atoms with Crippen LogP contribution in [-0.4, -0.2) is 16.6 Å². The van der Waals surface area contributed by atoms with Crippen molar-refractivity contribution in [1.82, 2.24) is 4.98 Å². The van der Waals surface area contributed by atoms with Crippen LogP contribution in [0.15, 0.2) is 47.3 Å². The second-order valence-corrected chi connectivity index (χ2v) is 2.87. The van der Waals surface area contributed by atoms with Gasteiger partial charge in [0.1, 0.15) is 0 Å². The summed E-state index contributed by atoms with van der Waals surface area (Å²) >= 11 is 0. The number of hydrogen-bond donors (Lipinski definition) is 0. The number of nitrogens with zero attached hydrogens (tertiary/aromatic N) is 1. The first-order chi connectivity index (χ1) is 7.29. The lowest BCUT2D eigenvalue weighted by molar-refractivity contribution is 0.0801. The van der Waals surface area contributed by atoms with E-state index >= 15 is 0 Å². The average molecular weight is 201 g/mol. The van der Waals surface area contributed by atoms with E-state index in [1.54, 1.807) is 6.07 Å². The summed E-state index contributed by atoms with van der Waals surface area (Å²) in [5.74, 6) is -1.18. The molecule has 0 aliphatic heterocycles. The van der Waals surface area contributed by atoms with Gasteiger partial charge in [0.15, 0.2) is 5.76 Å². The van der Waals surface area contributed by atoms with Crippen molar-refractivity contribution in [3.05, 3.63) is 54.2 Å². The van der Waals surface area contributed by atoms with Crippen LogP contribution >= 0.6 is 0 Å². The minimum absolute atomic E-state index is 0.0526. The minimum Gasteiger partial charge on any atom is -0.461 e. The molecule has 0 aromatic carbocycles. The molecule has 0 aliphatic rings. The predicted molar refractivity (Wildman–Crippen MR) is 51.6 cm³/mol. The van der Waals surface area contributed by atoms with Gasteiger partial charge in [0.05, 0.1) is 6.26 Å². The molecule has 74 valence electrons. The van der Waals surface area contributed by atoms with Crippen molar-refractivity contribution >= 4 is 11.6 Å². The van der Waals surface area contributed by atoms with Crippen molar-refractivity contribution in [3.63, 3.8) is 0 Å². The average Bonchev–Trinajstić information content (AvgIpc) is 2.82. The molecule has 2 aromatic rings. The van der Waals surface area contributed by atoms with E-state index < -0.39 is 11.6 Å².